The number of ether oxygens (including phenoxy) is 2. The van der Waals surface area contributed by atoms with Crippen LogP contribution >= 0.6 is 0 Å². The molecule has 142 valence electrons. The molecule has 2 aliphatic rings. The lowest BCUT2D eigenvalue weighted by Gasteiger charge is -2.22. The summed E-state index contributed by atoms with van der Waals surface area (Å²) in [4.78, 5) is 15.6. The average Bonchev–Trinajstić information content (AvgIpc) is 3.14. The van der Waals surface area contributed by atoms with Gasteiger partial charge in [0.15, 0.2) is 0 Å². The molecule has 1 N–H and O–H groups in total. The maximum absolute atomic E-state index is 9.35. The van der Waals surface area contributed by atoms with Crippen molar-refractivity contribution in [2.24, 2.45) is 10.9 Å². The van der Waals surface area contributed by atoms with Crippen LogP contribution in [0.4, 0.5) is 11.5 Å². The minimum Gasteiger partial charge on any atom is -0.488 e. The van der Waals surface area contributed by atoms with E-state index in [-0.39, 0.29) is 12.7 Å². The molecule has 0 spiro atoms. The normalized spacial score (nSPS) is 19.3. The summed E-state index contributed by atoms with van der Waals surface area (Å²) < 4.78 is 11.0. The van der Waals surface area contributed by atoms with E-state index >= 15 is 0 Å². The molecule has 1 fully saturated rings. The van der Waals surface area contributed by atoms with Crippen molar-refractivity contribution >= 4 is 17.2 Å². The third-order valence-electron chi connectivity index (χ3n) is 4.96. The van der Waals surface area contributed by atoms with E-state index in [4.69, 9.17) is 9.47 Å². The molecule has 2 unspecified atom stereocenters. The number of aromatic nitrogens is 2. The number of methoxy groups -OCH3 is 1. The van der Waals surface area contributed by atoms with Crippen molar-refractivity contribution in [2.45, 2.75) is 19.4 Å². The third kappa shape index (κ3) is 3.65. The first-order valence-electron chi connectivity index (χ1n) is 9.25. The van der Waals surface area contributed by atoms with Gasteiger partial charge in [-0.05, 0) is 31.5 Å². The molecule has 1 aromatic heterocycles. The zero-order valence-electron chi connectivity index (χ0n) is 15.6. The molecule has 0 bridgehead atoms. The van der Waals surface area contributed by atoms with Crippen molar-refractivity contribution in [3.8, 4) is 5.75 Å². The van der Waals surface area contributed by atoms with Gasteiger partial charge in [-0.3, -0.25) is 0 Å². The lowest BCUT2D eigenvalue weighted by molar-refractivity contribution is 0.0921. The molecule has 1 saturated heterocycles. The highest BCUT2D eigenvalue weighted by Gasteiger charge is 2.26. The van der Waals surface area contributed by atoms with Crippen LogP contribution in [-0.4, -0.2) is 60.3 Å². The number of benzene rings is 1. The Labute approximate surface area is 158 Å². The lowest BCUT2D eigenvalue weighted by Crippen LogP contribution is -2.23. The quantitative estimate of drug-likeness (QED) is 0.689. The standard InChI is InChI=1S/C20H24N4O3/c1-13(11-26-2)27-15-3-4-17-16(7-15)20(23-17)18-8-19(22-12-21-18)24-6-5-14(9-24)10-25/h3-4,7-8,12-14,25H,5-6,9-11H2,1-2H3. The minimum absolute atomic E-state index is 0.0196. The molecule has 7 nitrogen and oxygen atoms in total. The topological polar surface area (TPSA) is 80.1 Å². The maximum atomic E-state index is 9.35. The van der Waals surface area contributed by atoms with Crippen LogP contribution in [0.1, 0.15) is 24.6 Å². The van der Waals surface area contributed by atoms with Crippen LogP contribution in [0.15, 0.2) is 35.6 Å². The summed E-state index contributed by atoms with van der Waals surface area (Å²) in [6.07, 6.45) is 2.55. The Hall–Kier alpha value is -2.51. The smallest absolute Gasteiger partial charge is 0.132 e. The first-order chi connectivity index (χ1) is 13.2. The second kappa shape index (κ2) is 7.62. The summed E-state index contributed by atoms with van der Waals surface area (Å²) in [7, 11) is 1.66. The highest BCUT2D eigenvalue weighted by molar-refractivity contribution is 6.21. The van der Waals surface area contributed by atoms with Gasteiger partial charge in [0.25, 0.3) is 0 Å². The number of nitrogens with zero attached hydrogens (tertiary/aromatic N) is 4. The van der Waals surface area contributed by atoms with E-state index in [1.54, 1.807) is 13.4 Å². The molecule has 0 radical (unpaired) electrons. The Bertz CT molecular complexity index is 855. The molecule has 0 amide bonds. The van der Waals surface area contributed by atoms with E-state index in [0.29, 0.717) is 12.5 Å². The van der Waals surface area contributed by atoms with E-state index in [9.17, 15) is 5.11 Å². The molecule has 1 aromatic carbocycles. The fraction of sp³-hybridized carbons (Fsp3) is 0.450. The Kier molecular flexibility index (Phi) is 5.05. The van der Waals surface area contributed by atoms with Gasteiger partial charge in [0.1, 0.15) is 24.0 Å². The predicted octanol–water partition coefficient (Wildman–Crippen LogP) is 2.19. The Morgan fingerprint density at radius 2 is 2.19 bits per heavy atom. The second-order valence-corrected chi connectivity index (χ2v) is 7.07. The minimum atomic E-state index is -0.0196. The van der Waals surface area contributed by atoms with Crippen LogP contribution in [0.2, 0.25) is 0 Å². The number of anilines is 1. The molecule has 2 aromatic rings. The van der Waals surface area contributed by atoms with Crippen LogP contribution in [0, 0.1) is 5.92 Å². The van der Waals surface area contributed by atoms with E-state index in [1.165, 1.54) is 0 Å². The van der Waals surface area contributed by atoms with Crippen LogP contribution in [0.5, 0.6) is 5.75 Å². The summed E-state index contributed by atoms with van der Waals surface area (Å²) in [5, 5.41) is 9.35. The molecule has 2 aliphatic heterocycles. The third-order valence-corrected chi connectivity index (χ3v) is 4.96. The van der Waals surface area contributed by atoms with E-state index < -0.39 is 0 Å². The van der Waals surface area contributed by atoms with Gasteiger partial charge in [-0.15, -0.1) is 0 Å². The van der Waals surface area contributed by atoms with Crippen LogP contribution in [0.25, 0.3) is 0 Å². The van der Waals surface area contributed by atoms with Gasteiger partial charge in [0.2, 0.25) is 0 Å². The van der Waals surface area contributed by atoms with Crippen molar-refractivity contribution in [1.82, 2.24) is 9.97 Å². The molecular formula is C20H24N4O3. The molecule has 0 saturated carbocycles. The Morgan fingerprint density at radius 3 is 2.96 bits per heavy atom. The van der Waals surface area contributed by atoms with Gasteiger partial charge in [-0.1, -0.05) is 0 Å². The van der Waals surface area contributed by atoms with Crippen LogP contribution < -0.4 is 9.64 Å². The SMILES string of the molecule is COCC(C)Oc1ccc2c(c1)C(c1cc(N3CCC(CO)C3)ncn1)=N2. The number of hydrogen-bond donors (Lipinski definition) is 1. The first-order valence-corrected chi connectivity index (χ1v) is 9.25. The molecule has 3 heterocycles. The molecule has 4 rings (SSSR count). The summed E-state index contributed by atoms with van der Waals surface area (Å²) >= 11 is 0. The number of fused-ring (bicyclic) bond motifs is 1. The van der Waals surface area contributed by atoms with Crippen molar-refractivity contribution in [3.63, 3.8) is 0 Å². The Morgan fingerprint density at radius 1 is 1.30 bits per heavy atom. The molecule has 2 atom stereocenters. The van der Waals surface area contributed by atoms with Crippen molar-refractivity contribution < 1.29 is 14.6 Å². The van der Waals surface area contributed by atoms with Gasteiger partial charge < -0.3 is 19.5 Å². The summed E-state index contributed by atoms with van der Waals surface area (Å²) in [6.45, 7) is 4.46. The van der Waals surface area contributed by atoms with E-state index in [0.717, 1.165) is 53.7 Å². The van der Waals surface area contributed by atoms with Gasteiger partial charge >= 0.3 is 0 Å². The Balaban J connectivity index is 1.52. The van der Waals surface area contributed by atoms with Crippen molar-refractivity contribution in [2.75, 3.05) is 38.3 Å². The van der Waals surface area contributed by atoms with E-state index in [2.05, 4.69) is 19.9 Å². The number of aliphatic hydroxyl groups is 1. The molecular weight excluding hydrogens is 344 g/mol. The van der Waals surface area contributed by atoms with Crippen LogP contribution in [-0.2, 0) is 4.74 Å². The summed E-state index contributed by atoms with van der Waals surface area (Å²) in [5.41, 5.74) is 3.65. The van der Waals surface area contributed by atoms with Gasteiger partial charge in [0.05, 0.1) is 23.7 Å². The van der Waals surface area contributed by atoms with E-state index in [1.807, 2.05) is 31.2 Å². The maximum Gasteiger partial charge on any atom is 0.132 e. The highest BCUT2D eigenvalue weighted by Crippen LogP contribution is 2.36. The number of aliphatic hydroxyl groups excluding tert-OH is 1. The van der Waals surface area contributed by atoms with Crippen molar-refractivity contribution in [1.29, 1.82) is 0 Å². The molecule has 7 heteroatoms. The largest absolute Gasteiger partial charge is 0.488 e. The first kappa shape index (κ1) is 17.9. The highest BCUT2D eigenvalue weighted by atomic mass is 16.5. The van der Waals surface area contributed by atoms with Crippen LogP contribution in [0.3, 0.4) is 0 Å². The number of rotatable bonds is 7. The fourth-order valence-corrected chi connectivity index (χ4v) is 3.54. The predicted molar refractivity (Wildman–Crippen MR) is 103 cm³/mol. The van der Waals surface area contributed by atoms with Crippen molar-refractivity contribution in [3.05, 3.63) is 41.9 Å². The van der Waals surface area contributed by atoms with Gasteiger partial charge in [-0.25, -0.2) is 15.0 Å². The fourth-order valence-electron chi connectivity index (χ4n) is 3.54. The number of aliphatic imine (C=N–C) groups is 1. The van der Waals surface area contributed by atoms with Gasteiger partial charge in [0, 0.05) is 44.4 Å². The number of hydrogen-bond acceptors (Lipinski definition) is 7. The zero-order chi connectivity index (χ0) is 18.8. The monoisotopic (exact) mass is 368 g/mol. The lowest BCUT2D eigenvalue weighted by atomic mass is 9.99. The summed E-state index contributed by atoms with van der Waals surface area (Å²) in [5.74, 6) is 2.00. The average molecular weight is 368 g/mol. The van der Waals surface area contributed by atoms with Gasteiger partial charge in [-0.2, -0.15) is 0 Å². The molecule has 0 aliphatic carbocycles. The zero-order valence-corrected chi connectivity index (χ0v) is 15.6. The molecule has 27 heavy (non-hydrogen) atoms. The summed E-state index contributed by atoms with van der Waals surface area (Å²) in [6, 6.07) is 7.86. The second-order valence-electron chi connectivity index (χ2n) is 7.07.